The summed E-state index contributed by atoms with van der Waals surface area (Å²) in [4.78, 5) is 20.8. The minimum Gasteiger partial charge on any atom is -0.365 e. The van der Waals surface area contributed by atoms with Crippen LogP contribution in [0.2, 0.25) is 0 Å². The maximum atomic E-state index is 13.5. The summed E-state index contributed by atoms with van der Waals surface area (Å²) in [6.45, 7) is 0.656. The minimum absolute atomic E-state index is 0.0739. The molecule has 2 bridgehead atoms. The molecule has 3 atom stereocenters. The molecule has 0 radical (unpaired) electrons. The third-order valence-electron chi connectivity index (χ3n) is 6.23. The van der Waals surface area contributed by atoms with E-state index in [4.69, 9.17) is 0 Å². The second-order valence-electron chi connectivity index (χ2n) is 8.22. The van der Waals surface area contributed by atoms with Gasteiger partial charge in [-0.15, -0.1) is 0 Å². The van der Waals surface area contributed by atoms with Crippen LogP contribution in [0, 0.1) is 5.92 Å². The molecule has 1 aromatic carbocycles. The molecule has 3 aliphatic rings. The van der Waals surface area contributed by atoms with Gasteiger partial charge >= 0.3 is 6.18 Å². The lowest BCUT2D eigenvalue weighted by molar-refractivity contribution is -0.137. The lowest BCUT2D eigenvalue weighted by atomic mass is 9.76. The predicted molar refractivity (Wildman–Crippen MR) is 110 cm³/mol. The largest absolute Gasteiger partial charge is 0.417 e. The summed E-state index contributed by atoms with van der Waals surface area (Å²) in [7, 11) is 0. The molecule has 4 heterocycles. The average molecular weight is 442 g/mol. The molecule has 2 aliphatic heterocycles. The standard InChI is InChI=1S/C22H21F3N6O/c23-22(24,25)15-6-8-20(26-12-15)29-17-11-14-5-7-19(17)30(13-14)21(32)16-3-1-2-4-18(16)31-27-9-10-28-31/h1-4,6,8-10,12,14,17,19H,5,7,11,13H2,(H,26,29)/t14-,17+,19-/m0/s1. The van der Waals surface area contributed by atoms with Crippen LogP contribution < -0.4 is 5.32 Å². The van der Waals surface area contributed by atoms with Gasteiger partial charge in [-0.3, -0.25) is 4.79 Å². The molecule has 1 N–H and O–H groups in total. The first kappa shape index (κ1) is 20.5. The lowest BCUT2D eigenvalue weighted by Gasteiger charge is -2.50. The van der Waals surface area contributed by atoms with Crippen molar-refractivity contribution in [3.8, 4) is 5.69 Å². The van der Waals surface area contributed by atoms with Crippen LogP contribution in [0.15, 0.2) is 55.0 Å². The number of aromatic nitrogens is 4. The number of benzene rings is 1. The number of piperidine rings is 2. The van der Waals surface area contributed by atoms with Crippen molar-refractivity contribution in [2.75, 3.05) is 11.9 Å². The molecule has 1 amide bonds. The second kappa shape index (κ2) is 7.92. The first-order valence-corrected chi connectivity index (χ1v) is 10.5. The molecule has 10 heteroatoms. The molecular weight excluding hydrogens is 421 g/mol. The molecular formula is C22H21F3N6O. The molecule has 0 spiro atoms. The van der Waals surface area contributed by atoms with Gasteiger partial charge in [-0.25, -0.2) is 4.98 Å². The van der Waals surface area contributed by atoms with E-state index < -0.39 is 11.7 Å². The Morgan fingerprint density at radius 1 is 1.06 bits per heavy atom. The van der Waals surface area contributed by atoms with Crippen molar-refractivity contribution in [3.63, 3.8) is 0 Å². The van der Waals surface area contributed by atoms with Gasteiger partial charge in [0, 0.05) is 18.8 Å². The fourth-order valence-corrected chi connectivity index (χ4v) is 4.74. The summed E-state index contributed by atoms with van der Waals surface area (Å²) < 4.78 is 38.5. The summed E-state index contributed by atoms with van der Waals surface area (Å²) in [6.07, 6.45) is 2.23. The van der Waals surface area contributed by atoms with Crippen molar-refractivity contribution in [2.45, 2.75) is 37.5 Å². The number of fused-ring (bicyclic) bond motifs is 3. The highest BCUT2D eigenvalue weighted by Gasteiger charge is 2.43. The number of rotatable bonds is 4. The van der Waals surface area contributed by atoms with E-state index in [-0.39, 0.29) is 18.0 Å². The van der Waals surface area contributed by atoms with Gasteiger partial charge in [-0.2, -0.15) is 28.2 Å². The first-order valence-electron chi connectivity index (χ1n) is 10.5. The molecule has 1 aliphatic carbocycles. The van der Waals surface area contributed by atoms with Crippen molar-refractivity contribution in [1.82, 2.24) is 24.9 Å². The predicted octanol–water partition coefficient (Wildman–Crippen LogP) is 3.79. The summed E-state index contributed by atoms with van der Waals surface area (Å²) in [5.41, 5.74) is 0.342. The highest BCUT2D eigenvalue weighted by atomic mass is 19.4. The molecule has 32 heavy (non-hydrogen) atoms. The highest BCUT2D eigenvalue weighted by molar-refractivity contribution is 5.98. The van der Waals surface area contributed by atoms with Gasteiger partial charge in [-0.1, -0.05) is 12.1 Å². The van der Waals surface area contributed by atoms with Gasteiger partial charge in [0.2, 0.25) is 0 Å². The molecule has 3 aromatic rings. The van der Waals surface area contributed by atoms with Crippen LogP contribution in [-0.4, -0.2) is 49.4 Å². The van der Waals surface area contributed by atoms with Gasteiger partial charge in [0.25, 0.3) is 5.91 Å². The Labute approximate surface area is 182 Å². The zero-order chi connectivity index (χ0) is 22.3. The Balaban J connectivity index is 1.37. The number of para-hydroxylation sites is 1. The number of alkyl halides is 3. The summed E-state index contributed by atoms with van der Waals surface area (Å²) in [5.74, 6) is 0.606. The topological polar surface area (TPSA) is 75.9 Å². The molecule has 1 saturated carbocycles. The molecule has 2 aromatic heterocycles. The Bertz CT molecular complexity index is 1100. The molecule has 7 nitrogen and oxygen atoms in total. The van der Waals surface area contributed by atoms with Crippen LogP contribution in [-0.2, 0) is 6.18 Å². The van der Waals surface area contributed by atoms with Crippen LogP contribution in [0.5, 0.6) is 0 Å². The van der Waals surface area contributed by atoms with Crippen molar-refractivity contribution in [2.24, 2.45) is 5.92 Å². The molecule has 166 valence electrons. The lowest BCUT2D eigenvalue weighted by Crippen LogP contribution is -2.59. The smallest absolute Gasteiger partial charge is 0.365 e. The number of hydrogen-bond acceptors (Lipinski definition) is 5. The minimum atomic E-state index is -4.42. The van der Waals surface area contributed by atoms with Crippen LogP contribution in [0.3, 0.4) is 0 Å². The third-order valence-corrected chi connectivity index (χ3v) is 6.23. The Hall–Kier alpha value is -3.43. The fourth-order valence-electron chi connectivity index (χ4n) is 4.74. The number of hydrogen-bond donors (Lipinski definition) is 1. The average Bonchev–Trinajstić information content (AvgIpc) is 3.33. The van der Waals surface area contributed by atoms with E-state index in [0.717, 1.165) is 31.5 Å². The Morgan fingerprint density at radius 2 is 1.84 bits per heavy atom. The monoisotopic (exact) mass is 442 g/mol. The van der Waals surface area contributed by atoms with Gasteiger partial charge < -0.3 is 10.2 Å². The second-order valence-corrected chi connectivity index (χ2v) is 8.22. The van der Waals surface area contributed by atoms with Crippen molar-refractivity contribution in [3.05, 3.63) is 66.1 Å². The number of amides is 1. The maximum Gasteiger partial charge on any atom is 0.417 e. The zero-order valence-electron chi connectivity index (χ0n) is 17.0. The molecule has 3 fully saturated rings. The van der Waals surface area contributed by atoms with E-state index >= 15 is 0 Å². The van der Waals surface area contributed by atoms with E-state index in [2.05, 4.69) is 20.5 Å². The quantitative estimate of drug-likeness (QED) is 0.666. The number of carbonyl (C=O) groups excluding carboxylic acids is 1. The number of halogens is 3. The third kappa shape index (κ3) is 3.80. The van der Waals surface area contributed by atoms with Gasteiger partial charge in [0.1, 0.15) is 5.82 Å². The molecule has 0 unspecified atom stereocenters. The van der Waals surface area contributed by atoms with Crippen LogP contribution in [0.1, 0.15) is 35.2 Å². The van der Waals surface area contributed by atoms with Gasteiger partial charge in [0.15, 0.2) is 0 Å². The fraction of sp³-hybridized carbons (Fsp3) is 0.364. The Morgan fingerprint density at radius 3 is 2.53 bits per heavy atom. The number of carbonyl (C=O) groups is 1. The Kier molecular flexibility index (Phi) is 5.07. The number of anilines is 1. The van der Waals surface area contributed by atoms with Crippen LogP contribution >= 0.6 is 0 Å². The number of nitrogens with one attached hydrogen (secondary N) is 1. The molecule has 6 rings (SSSR count). The van der Waals surface area contributed by atoms with E-state index in [9.17, 15) is 18.0 Å². The number of pyridine rings is 1. The summed E-state index contributed by atoms with van der Waals surface area (Å²) in [6, 6.07) is 9.42. The highest BCUT2D eigenvalue weighted by Crippen LogP contribution is 2.38. The van der Waals surface area contributed by atoms with Gasteiger partial charge in [-0.05, 0) is 49.4 Å². The molecule has 2 saturated heterocycles. The van der Waals surface area contributed by atoms with Crippen LogP contribution in [0.25, 0.3) is 5.69 Å². The van der Waals surface area contributed by atoms with Crippen molar-refractivity contribution in [1.29, 1.82) is 0 Å². The SMILES string of the molecule is O=C(c1ccccc1-n1nccn1)N1C[C@H]2CC[C@H]1[C@H](Nc1ccc(C(F)(F)F)cn1)C2. The zero-order valence-corrected chi connectivity index (χ0v) is 17.0. The van der Waals surface area contributed by atoms with E-state index in [1.165, 1.54) is 10.9 Å². The van der Waals surface area contributed by atoms with Crippen LogP contribution in [0.4, 0.5) is 19.0 Å². The number of nitrogens with zero attached hydrogens (tertiary/aromatic N) is 5. The van der Waals surface area contributed by atoms with Crippen molar-refractivity contribution >= 4 is 11.7 Å². The van der Waals surface area contributed by atoms with Crippen molar-refractivity contribution < 1.29 is 18.0 Å². The summed E-state index contributed by atoms with van der Waals surface area (Å²) in [5, 5.41) is 11.6. The normalized spacial score (nSPS) is 22.7. The van der Waals surface area contributed by atoms with E-state index in [1.54, 1.807) is 24.5 Å². The maximum absolute atomic E-state index is 13.5. The first-order chi connectivity index (χ1) is 15.4. The summed E-state index contributed by atoms with van der Waals surface area (Å²) >= 11 is 0. The van der Waals surface area contributed by atoms with E-state index in [0.29, 0.717) is 29.5 Å². The van der Waals surface area contributed by atoms with E-state index in [1.807, 2.05) is 17.0 Å². The van der Waals surface area contributed by atoms with Gasteiger partial charge in [0.05, 0.1) is 35.2 Å².